The van der Waals surface area contributed by atoms with E-state index in [0.29, 0.717) is 11.2 Å². The second-order valence-corrected chi connectivity index (χ2v) is 9.02. The number of aromatic nitrogens is 2. The first-order valence-corrected chi connectivity index (χ1v) is 11.0. The van der Waals surface area contributed by atoms with E-state index >= 15 is 0 Å². The topological polar surface area (TPSA) is 44.1 Å². The molecule has 1 aromatic heterocycles. The summed E-state index contributed by atoms with van der Waals surface area (Å²) in [4.78, 5) is 16.6. The molecule has 0 saturated carbocycles. The van der Waals surface area contributed by atoms with Crippen LogP contribution in [0.15, 0.2) is 11.4 Å². The maximum atomic E-state index is 12.1. The van der Waals surface area contributed by atoms with Crippen LogP contribution in [0.5, 0.6) is 0 Å². The molecule has 1 heterocycles. The zero-order chi connectivity index (χ0) is 19.7. The fourth-order valence-electron chi connectivity index (χ4n) is 2.23. The number of esters is 1. The van der Waals surface area contributed by atoms with E-state index in [0.717, 1.165) is 48.7 Å². The molecule has 0 N–H and O–H groups in total. The van der Waals surface area contributed by atoms with Gasteiger partial charge in [-0.3, -0.25) is 4.79 Å². The molecule has 0 aliphatic rings. The summed E-state index contributed by atoms with van der Waals surface area (Å²) in [5.74, 6) is 1.23. The number of aryl methyl sites for hydroxylation is 2. The lowest BCUT2D eigenvalue weighted by molar-refractivity contribution is -0.156. The molecule has 0 bridgehead atoms. The molecule has 148 valence electrons. The Hall–Kier alpha value is -0.880. The van der Waals surface area contributed by atoms with Crippen LogP contribution in [0.3, 0.4) is 0 Å². The van der Waals surface area contributed by atoms with Crippen molar-refractivity contribution in [3.05, 3.63) is 16.4 Å². The number of hydrogen-bond acceptors (Lipinski definition) is 5. The van der Waals surface area contributed by atoms with Gasteiger partial charge in [0.2, 0.25) is 0 Å². The first kappa shape index (κ1) is 23.2. The summed E-state index contributed by atoms with van der Waals surface area (Å²) in [5.41, 5.74) is 0.650. The van der Waals surface area contributed by atoms with Gasteiger partial charge in [-0.2, -0.15) is 0 Å². The van der Waals surface area contributed by atoms with Crippen molar-refractivity contribution in [2.45, 2.75) is 78.9 Å². The van der Waals surface area contributed by atoms with Gasteiger partial charge in [0.05, 0.1) is 12.0 Å². The van der Waals surface area contributed by atoms with Gasteiger partial charge in [0.1, 0.15) is 4.64 Å². The summed E-state index contributed by atoms with van der Waals surface area (Å²) in [7, 11) is 0. The third-order valence-corrected chi connectivity index (χ3v) is 6.43. The van der Waals surface area contributed by atoms with Crippen molar-refractivity contribution in [1.82, 2.24) is 9.55 Å². The number of carbonyl (C=O) groups is 1. The Morgan fingerprint density at radius 2 is 1.96 bits per heavy atom. The van der Waals surface area contributed by atoms with Gasteiger partial charge < -0.3 is 9.30 Å². The molecule has 0 fully saturated rings. The molecular formula is C20H34N2O2S2. The Balaban J connectivity index is 2.22. The second-order valence-electron chi connectivity index (χ2n) is 7.57. The van der Waals surface area contributed by atoms with Crippen LogP contribution in [0.4, 0.5) is 0 Å². The number of hydrogen-bond donors (Lipinski definition) is 0. The van der Waals surface area contributed by atoms with Crippen molar-refractivity contribution in [3.8, 4) is 0 Å². The normalized spacial score (nSPS) is 11.8. The lowest BCUT2D eigenvalue weighted by Gasteiger charge is -2.26. The predicted octanol–water partition coefficient (Wildman–Crippen LogP) is 5.82. The maximum Gasteiger partial charge on any atom is 0.311 e. The van der Waals surface area contributed by atoms with Crippen molar-refractivity contribution in [1.29, 1.82) is 0 Å². The molecule has 0 atom stereocenters. The quantitative estimate of drug-likeness (QED) is 0.154. The average Bonchev–Trinajstić information content (AvgIpc) is 2.59. The Morgan fingerprint density at radius 3 is 2.58 bits per heavy atom. The molecule has 0 aliphatic heterocycles. The monoisotopic (exact) mass is 398 g/mol. The molecule has 0 spiro atoms. The number of carbonyl (C=O) groups excluding carboxylic acids is 1. The van der Waals surface area contributed by atoms with Crippen LogP contribution >= 0.6 is 24.0 Å². The van der Waals surface area contributed by atoms with Crippen molar-refractivity contribution in [3.63, 3.8) is 0 Å². The Labute approximate surface area is 168 Å². The number of rotatable bonds is 11. The maximum absolute atomic E-state index is 12.1. The highest BCUT2D eigenvalue weighted by atomic mass is 32.2. The minimum absolute atomic E-state index is 0.0858. The van der Waals surface area contributed by atoms with Gasteiger partial charge >= 0.3 is 5.97 Å². The van der Waals surface area contributed by atoms with E-state index < -0.39 is 5.41 Å². The van der Waals surface area contributed by atoms with Gasteiger partial charge in [0.15, 0.2) is 5.16 Å². The fourth-order valence-corrected chi connectivity index (χ4v) is 3.46. The zero-order valence-electron chi connectivity index (χ0n) is 17.1. The molecule has 0 aromatic carbocycles. The average molecular weight is 399 g/mol. The van der Waals surface area contributed by atoms with E-state index in [-0.39, 0.29) is 11.9 Å². The molecule has 4 nitrogen and oxygen atoms in total. The second kappa shape index (κ2) is 11.1. The van der Waals surface area contributed by atoms with Crippen molar-refractivity contribution in [2.24, 2.45) is 11.3 Å². The molecule has 0 aliphatic carbocycles. The number of nitrogens with zero attached hydrogens (tertiary/aromatic N) is 2. The van der Waals surface area contributed by atoms with Gasteiger partial charge in [0, 0.05) is 24.1 Å². The first-order valence-electron chi connectivity index (χ1n) is 9.58. The molecule has 6 heteroatoms. The first-order chi connectivity index (χ1) is 12.2. The minimum atomic E-state index is -0.407. The van der Waals surface area contributed by atoms with E-state index in [4.69, 9.17) is 17.0 Å². The van der Waals surface area contributed by atoms with Crippen LogP contribution in [-0.4, -0.2) is 27.9 Å². The third kappa shape index (κ3) is 7.03. The van der Waals surface area contributed by atoms with E-state index in [9.17, 15) is 4.79 Å². The summed E-state index contributed by atoms with van der Waals surface area (Å²) in [6.07, 6.45) is 6.36. The Kier molecular flexibility index (Phi) is 9.86. The fraction of sp³-hybridized carbons (Fsp3) is 0.750. The highest BCUT2D eigenvalue weighted by Gasteiger charge is 2.32. The number of thioether (sulfide) groups is 1. The standard InChI is InChI=1S/C20H34N2O2S2/c1-7-22-14-16(4)17(25)21-19(22)26-13-11-9-8-10-12-24-18(23)20(5,6)15(2)3/h14-15H,7-13H2,1-6H3. The van der Waals surface area contributed by atoms with Gasteiger partial charge in [-0.25, -0.2) is 4.98 Å². The zero-order valence-corrected chi connectivity index (χ0v) is 18.8. The highest BCUT2D eigenvalue weighted by Crippen LogP contribution is 2.27. The summed E-state index contributed by atoms with van der Waals surface area (Å²) in [6.45, 7) is 13.6. The predicted molar refractivity (Wildman–Crippen MR) is 112 cm³/mol. The Morgan fingerprint density at radius 1 is 1.31 bits per heavy atom. The van der Waals surface area contributed by atoms with E-state index in [1.807, 2.05) is 20.8 Å². The van der Waals surface area contributed by atoms with Gasteiger partial charge in [-0.1, -0.05) is 50.7 Å². The van der Waals surface area contributed by atoms with Gasteiger partial charge in [-0.05, 0) is 46.5 Å². The summed E-state index contributed by atoms with van der Waals surface area (Å²) in [5, 5.41) is 1.01. The van der Waals surface area contributed by atoms with Crippen LogP contribution < -0.4 is 0 Å². The minimum Gasteiger partial charge on any atom is -0.465 e. The van der Waals surface area contributed by atoms with Crippen molar-refractivity contribution >= 4 is 29.9 Å². The molecular weight excluding hydrogens is 364 g/mol. The summed E-state index contributed by atoms with van der Waals surface area (Å²) in [6, 6.07) is 0. The lowest BCUT2D eigenvalue weighted by Crippen LogP contribution is -2.32. The highest BCUT2D eigenvalue weighted by molar-refractivity contribution is 7.99. The molecule has 0 radical (unpaired) electrons. The van der Waals surface area contributed by atoms with E-state index in [2.05, 4.69) is 36.5 Å². The molecule has 0 unspecified atom stereocenters. The van der Waals surface area contributed by atoms with Crippen LogP contribution in [-0.2, 0) is 16.1 Å². The largest absolute Gasteiger partial charge is 0.465 e. The third-order valence-electron chi connectivity index (χ3n) is 4.94. The van der Waals surface area contributed by atoms with E-state index in [1.165, 1.54) is 0 Å². The lowest BCUT2D eigenvalue weighted by atomic mass is 9.81. The molecule has 0 amide bonds. The summed E-state index contributed by atoms with van der Waals surface area (Å²) >= 11 is 7.05. The van der Waals surface area contributed by atoms with E-state index in [1.54, 1.807) is 11.8 Å². The van der Waals surface area contributed by atoms with Crippen molar-refractivity contribution < 1.29 is 9.53 Å². The van der Waals surface area contributed by atoms with Crippen molar-refractivity contribution in [2.75, 3.05) is 12.4 Å². The SMILES string of the molecule is CCn1cc(C)c(=S)nc1SCCCCCCOC(=O)C(C)(C)C(C)C. The van der Waals surface area contributed by atoms with Gasteiger partial charge in [-0.15, -0.1) is 0 Å². The molecule has 0 saturated heterocycles. The summed E-state index contributed by atoms with van der Waals surface area (Å²) < 4.78 is 8.29. The number of unbranched alkanes of at least 4 members (excludes halogenated alkanes) is 3. The molecule has 1 rings (SSSR count). The van der Waals surface area contributed by atoms with Crippen LogP contribution in [0.25, 0.3) is 0 Å². The van der Waals surface area contributed by atoms with Gasteiger partial charge in [0.25, 0.3) is 0 Å². The smallest absolute Gasteiger partial charge is 0.311 e. The van der Waals surface area contributed by atoms with Crippen LogP contribution in [0.1, 0.15) is 65.9 Å². The molecule has 26 heavy (non-hydrogen) atoms. The van der Waals surface area contributed by atoms with Crippen LogP contribution in [0.2, 0.25) is 0 Å². The van der Waals surface area contributed by atoms with Crippen LogP contribution in [0, 0.1) is 22.9 Å². The number of ether oxygens (including phenoxy) is 1. The molecule has 1 aromatic rings. The Bertz CT molecular complexity index is 639.